The fraction of sp³-hybridized carbons (Fsp3) is 0.250. The summed E-state index contributed by atoms with van der Waals surface area (Å²) in [7, 11) is -2.08. The molecule has 3 aromatic carbocycles. The molecule has 5 rings (SSSR count). The van der Waals surface area contributed by atoms with Crippen LogP contribution in [0.3, 0.4) is 0 Å². The summed E-state index contributed by atoms with van der Waals surface area (Å²) in [6.07, 6.45) is 0. The average Bonchev–Trinajstić information content (AvgIpc) is 3.51. The van der Waals surface area contributed by atoms with Crippen LogP contribution in [0.4, 0.5) is 5.13 Å². The smallest absolute Gasteiger partial charge is 0.243 e. The van der Waals surface area contributed by atoms with Crippen LogP contribution in [-0.2, 0) is 14.8 Å². The van der Waals surface area contributed by atoms with Gasteiger partial charge in [-0.2, -0.15) is 4.31 Å². The second-order valence-electron chi connectivity index (χ2n) is 8.97. The van der Waals surface area contributed by atoms with E-state index >= 15 is 0 Å². The molecule has 1 N–H and O–H groups in total. The van der Waals surface area contributed by atoms with Gasteiger partial charge in [0.25, 0.3) is 0 Å². The number of nitrogens with one attached hydrogen (secondary N) is 1. The highest BCUT2D eigenvalue weighted by Crippen LogP contribution is 2.34. The molecule has 0 saturated heterocycles. The van der Waals surface area contributed by atoms with Crippen LogP contribution in [0.25, 0.3) is 26.9 Å². The number of methoxy groups -OCH3 is 1. The third-order valence-electron chi connectivity index (χ3n) is 6.39. The van der Waals surface area contributed by atoms with Crippen LogP contribution in [0.2, 0.25) is 0 Å². The molecule has 0 spiro atoms. The summed E-state index contributed by atoms with van der Waals surface area (Å²) >= 11 is 2.68. The number of ether oxygens (including phenoxy) is 1. The maximum Gasteiger partial charge on any atom is 0.243 e. The Morgan fingerprint density at radius 2 is 1.82 bits per heavy atom. The predicted octanol–water partition coefficient (Wildman–Crippen LogP) is 5.71. The van der Waals surface area contributed by atoms with Gasteiger partial charge in [0.15, 0.2) is 10.3 Å². The summed E-state index contributed by atoms with van der Waals surface area (Å²) in [4.78, 5) is 22.4. The van der Waals surface area contributed by atoms with Crippen molar-refractivity contribution in [2.24, 2.45) is 0 Å². The molecule has 40 heavy (non-hydrogen) atoms. The molecule has 0 aliphatic heterocycles. The minimum atomic E-state index is -3.67. The van der Waals surface area contributed by atoms with Gasteiger partial charge in [0.1, 0.15) is 5.75 Å². The molecule has 0 fully saturated rings. The fourth-order valence-corrected chi connectivity index (χ4v) is 7.71. The number of sulfonamides is 1. The molecule has 2 aromatic heterocycles. The average molecular weight is 596 g/mol. The second kappa shape index (κ2) is 11.6. The van der Waals surface area contributed by atoms with E-state index in [1.165, 1.54) is 27.4 Å². The van der Waals surface area contributed by atoms with Crippen molar-refractivity contribution in [3.63, 3.8) is 0 Å². The molecular weight excluding hydrogens is 567 g/mol. The topological polar surface area (TPSA) is 106 Å². The van der Waals surface area contributed by atoms with Gasteiger partial charge < -0.3 is 10.1 Å². The standard InChI is InChI=1S/C28H29N5O4S3/c1-5-32(6-2)40(35,36)19-12-14-22-21(16-19)30-28(33(22)23-9-7-8-10-24(23)37-4)38-17-26(34)31-27-29-20-13-11-18(3)15-25(20)39-27/h7-16H,5-6,17H2,1-4H3,(H,29,31,34). The first kappa shape index (κ1) is 28.1. The number of thiazole rings is 1. The number of carbonyl (C=O) groups is 1. The molecule has 9 nitrogen and oxygen atoms in total. The van der Waals surface area contributed by atoms with Crippen LogP contribution in [0.15, 0.2) is 70.7 Å². The number of nitrogens with zero attached hydrogens (tertiary/aromatic N) is 4. The Hall–Kier alpha value is -3.45. The number of hydrogen-bond acceptors (Lipinski definition) is 8. The summed E-state index contributed by atoms with van der Waals surface area (Å²) in [5.74, 6) is 0.486. The van der Waals surface area contributed by atoms with Gasteiger partial charge in [-0.3, -0.25) is 9.36 Å². The van der Waals surface area contributed by atoms with E-state index < -0.39 is 10.0 Å². The third-order valence-corrected chi connectivity index (χ3v) is 10.3. The number of carbonyl (C=O) groups excluding carboxylic acids is 1. The molecule has 0 aliphatic carbocycles. The quantitative estimate of drug-likeness (QED) is 0.206. The van der Waals surface area contributed by atoms with E-state index in [1.807, 2.05) is 67.8 Å². The molecule has 0 unspecified atom stereocenters. The monoisotopic (exact) mass is 595 g/mol. The third kappa shape index (κ3) is 5.44. The summed E-state index contributed by atoms with van der Waals surface area (Å²) in [6, 6.07) is 18.4. The first-order valence-corrected chi connectivity index (χ1v) is 15.9. The van der Waals surface area contributed by atoms with Crippen LogP contribution in [0, 0.1) is 6.92 Å². The Balaban J connectivity index is 1.49. The Morgan fingerprint density at radius 1 is 1.05 bits per heavy atom. The van der Waals surface area contributed by atoms with Crippen molar-refractivity contribution in [1.82, 2.24) is 18.8 Å². The van der Waals surface area contributed by atoms with Gasteiger partial charge in [0.2, 0.25) is 15.9 Å². The van der Waals surface area contributed by atoms with Crippen molar-refractivity contribution in [3.8, 4) is 11.4 Å². The number of benzene rings is 3. The Kier molecular flexibility index (Phi) is 8.13. The van der Waals surface area contributed by atoms with Crippen molar-refractivity contribution in [2.45, 2.75) is 30.8 Å². The number of aromatic nitrogens is 3. The Bertz CT molecular complexity index is 1810. The number of thioether (sulfide) groups is 1. The van der Waals surface area contributed by atoms with E-state index in [9.17, 15) is 13.2 Å². The Morgan fingerprint density at radius 3 is 2.58 bits per heavy atom. The highest BCUT2D eigenvalue weighted by atomic mass is 32.2. The SMILES string of the molecule is CCN(CC)S(=O)(=O)c1ccc2c(c1)nc(SCC(=O)Nc1nc3ccc(C)cc3s1)n2-c1ccccc1OC. The number of para-hydroxylation sites is 2. The number of hydrogen-bond donors (Lipinski definition) is 1. The van der Waals surface area contributed by atoms with Gasteiger partial charge in [0, 0.05) is 13.1 Å². The maximum atomic E-state index is 13.2. The first-order valence-electron chi connectivity index (χ1n) is 12.7. The normalized spacial score (nSPS) is 11.9. The van der Waals surface area contributed by atoms with Gasteiger partial charge in [-0.25, -0.2) is 18.4 Å². The lowest BCUT2D eigenvalue weighted by Crippen LogP contribution is -2.30. The van der Waals surface area contributed by atoms with Crippen LogP contribution < -0.4 is 10.1 Å². The minimum Gasteiger partial charge on any atom is -0.495 e. The summed E-state index contributed by atoms with van der Waals surface area (Å²) in [5, 5.41) is 3.96. The maximum absolute atomic E-state index is 13.2. The zero-order valence-corrected chi connectivity index (χ0v) is 25.0. The zero-order chi connectivity index (χ0) is 28.4. The lowest BCUT2D eigenvalue weighted by Gasteiger charge is -2.18. The van der Waals surface area contributed by atoms with E-state index in [1.54, 1.807) is 25.3 Å². The van der Waals surface area contributed by atoms with Crippen molar-refractivity contribution < 1.29 is 17.9 Å². The lowest BCUT2D eigenvalue weighted by atomic mass is 10.2. The molecule has 12 heteroatoms. The number of imidazole rings is 1. The van der Waals surface area contributed by atoms with Gasteiger partial charge in [-0.05, 0) is 55.0 Å². The van der Waals surface area contributed by atoms with Crippen molar-refractivity contribution >= 4 is 65.4 Å². The number of rotatable bonds is 10. The summed E-state index contributed by atoms with van der Waals surface area (Å²) in [5.41, 5.74) is 3.91. The van der Waals surface area contributed by atoms with Crippen LogP contribution >= 0.6 is 23.1 Å². The van der Waals surface area contributed by atoms with Gasteiger partial charge >= 0.3 is 0 Å². The van der Waals surface area contributed by atoms with Crippen molar-refractivity contribution in [3.05, 3.63) is 66.2 Å². The lowest BCUT2D eigenvalue weighted by molar-refractivity contribution is -0.113. The molecule has 2 heterocycles. The van der Waals surface area contributed by atoms with E-state index in [-0.39, 0.29) is 16.6 Å². The zero-order valence-electron chi connectivity index (χ0n) is 22.5. The highest BCUT2D eigenvalue weighted by Gasteiger charge is 2.24. The number of amides is 1. The minimum absolute atomic E-state index is 0.0814. The molecule has 1 amide bonds. The summed E-state index contributed by atoms with van der Waals surface area (Å²) < 4.78 is 36.3. The molecule has 0 saturated carbocycles. The van der Waals surface area contributed by atoms with Crippen LogP contribution in [0.1, 0.15) is 19.4 Å². The molecular formula is C28H29N5O4S3. The fourth-order valence-electron chi connectivity index (χ4n) is 4.43. The number of anilines is 1. The van der Waals surface area contributed by atoms with Crippen LogP contribution in [0.5, 0.6) is 5.75 Å². The van der Waals surface area contributed by atoms with Gasteiger partial charge in [-0.1, -0.05) is 55.1 Å². The molecule has 0 bridgehead atoms. The molecule has 5 aromatic rings. The van der Waals surface area contributed by atoms with Gasteiger partial charge in [0.05, 0.1) is 44.7 Å². The van der Waals surface area contributed by atoms with E-state index in [2.05, 4.69) is 10.3 Å². The molecule has 0 radical (unpaired) electrons. The van der Waals surface area contributed by atoms with Crippen molar-refractivity contribution in [1.29, 1.82) is 0 Å². The van der Waals surface area contributed by atoms with E-state index in [0.29, 0.717) is 40.2 Å². The highest BCUT2D eigenvalue weighted by molar-refractivity contribution is 7.99. The van der Waals surface area contributed by atoms with Crippen LogP contribution in [-0.4, -0.2) is 59.1 Å². The second-order valence-corrected chi connectivity index (χ2v) is 12.9. The Labute approximate surface area is 241 Å². The molecule has 0 atom stereocenters. The van der Waals surface area contributed by atoms with E-state index in [0.717, 1.165) is 21.5 Å². The summed E-state index contributed by atoms with van der Waals surface area (Å²) in [6.45, 7) is 6.38. The predicted molar refractivity (Wildman–Crippen MR) is 161 cm³/mol. The number of aryl methyl sites for hydroxylation is 1. The van der Waals surface area contributed by atoms with Crippen molar-refractivity contribution in [2.75, 3.05) is 31.3 Å². The first-order chi connectivity index (χ1) is 19.2. The van der Waals surface area contributed by atoms with Gasteiger partial charge in [-0.15, -0.1) is 0 Å². The molecule has 208 valence electrons. The number of fused-ring (bicyclic) bond motifs is 2. The largest absolute Gasteiger partial charge is 0.495 e. The molecule has 0 aliphatic rings. The van der Waals surface area contributed by atoms with E-state index in [4.69, 9.17) is 9.72 Å².